The number of benzene rings is 1. The van der Waals surface area contributed by atoms with E-state index in [-0.39, 0.29) is 0 Å². The van der Waals surface area contributed by atoms with Gasteiger partial charge >= 0.3 is 0 Å². The largest absolute Gasteiger partial charge is 0.309 e. The molecule has 1 N–H and O–H groups in total. The molecule has 0 fully saturated rings. The van der Waals surface area contributed by atoms with Crippen LogP contribution in [-0.2, 0) is 13.0 Å². The summed E-state index contributed by atoms with van der Waals surface area (Å²) in [4.78, 5) is 5.63. The molecule has 2 rings (SSSR count). The lowest BCUT2D eigenvalue weighted by atomic mass is 10.0. The van der Waals surface area contributed by atoms with Crippen LogP contribution in [0.3, 0.4) is 0 Å². The van der Waals surface area contributed by atoms with E-state index in [2.05, 4.69) is 54.5 Å². The Morgan fingerprint density at radius 1 is 1.28 bits per heavy atom. The Labute approximate surface area is 113 Å². The molecule has 3 heteroatoms. The first-order valence-electron chi connectivity index (χ1n) is 6.46. The fourth-order valence-electron chi connectivity index (χ4n) is 1.99. The molecule has 1 unspecified atom stereocenters. The smallest absolute Gasteiger partial charge is 0.0798 e. The zero-order valence-electron chi connectivity index (χ0n) is 11.0. The topological polar surface area (TPSA) is 24.9 Å². The molecular formula is C15H20N2S. The van der Waals surface area contributed by atoms with Crippen LogP contribution in [-0.4, -0.2) is 11.0 Å². The van der Waals surface area contributed by atoms with E-state index in [1.54, 1.807) is 11.3 Å². The summed E-state index contributed by atoms with van der Waals surface area (Å²) in [6.45, 7) is 5.24. The summed E-state index contributed by atoms with van der Waals surface area (Å²) in [6.07, 6.45) is 2.24. The molecule has 96 valence electrons. The molecule has 0 spiro atoms. The Morgan fingerprint density at radius 3 is 2.67 bits per heavy atom. The molecule has 0 aliphatic carbocycles. The molecule has 18 heavy (non-hydrogen) atoms. The number of hydrogen-bond acceptors (Lipinski definition) is 3. The van der Waals surface area contributed by atoms with Crippen LogP contribution < -0.4 is 5.32 Å². The van der Waals surface area contributed by atoms with Crippen LogP contribution in [0.25, 0.3) is 0 Å². The van der Waals surface area contributed by atoms with Crippen molar-refractivity contribution in [3.8, 4) is 0 Å². The van der Waals surface area contributed by atoms with E-state index in [4.69, 9.17) is 0 Å². The van der Waals surface area contributed by atoms with Crippen LogP contribution in [0, 0.1) is 6.92 Å². The quantitative estimate of drug-likeness (QED) is 0.859. The molecule has 0 bridgehead atoms. The molecule has 1 aromatic carbocycles. The molecule has 0 aliphatic heterocycles. The van der Waals surface area contributed by atoms with Crippen molar-refractivity contribution in [3.05, 3.63) is 52.0 Å². The highest BCUT2D eigenvalue weighted by Gasteiger charge is 2.08. The third-order valence-corrected chi connectivity index (χ3v) is 4.15. The Balaban J connectivity index is 1.88. The minimum atomic E-state index is 0.536. The van der Waals surface area contributed by atoms with Gasteiger partial charge in [-0.05, 0) is 25.3 Å². The maximum absolute atomic E-state index is 4.28. The highest BCUT2D eigenvalue weighted by atomic mass is 32.1. The SMILES string of the molecule is CCC(Cc1ccccc1)NCc1scnc1C. The van der Waals surface area contributed by atoms with Gasteiger partial charge in [0, 0.05) is 17.5 Å². The number of nitrogens with zero attached hydrogens (tertiary/aromatic N) is 1. The molecule has 1 heterocycles. The highest BCUT2D eigenvalue weighted by molar-refractivity contribution is 7.09. The normalized spacial score (nSPS) is 12.6. The van der Waals surface area contributed by atoms with E-state index >= 15 is 0 Å². The van der Waals surface area contributed by atoms with Gasteiger partial charge in [-0.1, -0.05) is 37.3 Å². The molecule has 0 saturated heterocycles. The van der Waals surface area contributed by atoms with E-state index in [1.165, 1.54) is 10.4 Å². The minimum Gasteiger partial charge on any atom is -0.309 e. The highest BCUT2D eigenvalue weighted by Crippen LogP contribution is 2.13. The average Bonchev–Trinajstić information content (AvgIpc) is 2.81. The number of aryl methyl sites for hydroxylation is 1. The second-order valence-electron chi connectivity index (χ2n) is 4.54. The average molecular weight is 260 g/mol. The predicted molar refractivity (Wildman–Crippen MR) is 77.9 cm³/mol. The minimum absolute atomic E-state index is 0.536. The van der Waals surface area contributed by atoms with Crippen LogP contribution >= 0.6 is 11.3 Å². The summed E-state index contributed by atoms with van der Waals surface area (Å²) >= 11 is 1.73. The first-order chi connectivity index (χ1) is 8.79. The van der Waals surface area contributed by atoms with Gasteiger partial charge < -0.3 is 5.32 Å². The lowest BCUT2D eigenvalue weighted by Gasteiger charge is -2.16. The van der Waals surface area contributed by atoms with Crippen molar-refractivity contribution in [2.75, 3.05) is 0 Å². The number of thiazole rings is 1. The summed E-state index contributed by atoms with van der Waals surface area (Å²) in [6, 6.07) is 11.2. The molecule has 0 amide bonds. The van der Waals surface area contributed by atoms with Gasteiger partial charge in [0.05, 0.1) is 11.2 Å². The number of hydrogen-bond donors (Lipinski definition) is 1. The van der Waals surface area contributed by atoms with Gasteiger partial charge in [-0.25, -0.2) is 4.98 Å². The van der Waals surface area contributed by atoms with Crippen LogP contribution in [0.2, 0.25) is 0 Å². The molecule has 1 atom stereocenters. The lowest BCUT2D eigenvalue weighted by molar-refractivity contribution is 0.496. The van der Waals surface area contributed by atoms with Gasteiger partial charge in [0.2, 0.25) is 0 Å². The molecule has 2 nitrogen and oxygen atoms in total. The number of nitrogens with one attached hydrogen (secondary N) is 1. The first-order valence-corrected chi connectivity index (χ1v) is 7.33. The molecule has 0 saturated carbocycles. The maximum Gasteiger partial charge on any atom is 0.0798 e. The molecule has 1 aromatic heterocycles. The Morgan fingerprint density at radius 2 is 2.06 bits per heavy atom. The zero-order valence-corrected chi connectivity index (χ0v) is 11.8. The molecule has 0 radical (unpaired) electrons. The molecule has 2 aromatic rings. The monoisotopic (exact) mass is 260 g/mol. The van der Waals surface area contributed by atoms with E-state index in [9.17, 15) is 0 Å². The second kappa shape index (κ2) is 6.66. The summed E-state index contributed by atoms with van der Waals surface area (Å²) in [7, 11) is 0. The van der Waals surface area contributed by atoms with E-state index in [1.807, 2.05) is 5.51 Å². The summed E-state index contributed by atoms with van der Waals surface area (Å²) < 4.78 is 0. The van der Waals surface area contributed by atoms with Gasteiger partial charge in [0.15, 0.2) is 0 Å². The van der Waals surface area contributed by atoms with Crippen molar-refractivity contribution in [1.29, 1.82) is 0 Å². The summed E-state index contributed by atoms with van der Waals surface area (Å²) in [5.41, 5.74) is 4.48. The van der Waals surface area contributed by atoms with Crippen molar-refractivity contribution in [2.45, 2.75) is 39.3 Å². The van der Waals surface area contributed by atoms with Crippen molar-refractivity contribution in [2.24, 2.45) is 0 Å². The van der Waals surface area contributed by atoms with Crippen molar-refractivity contribution in [3.63, 3.8) is 0 Å². The van der Waals surface area contributed by atoms with Gasteiger partial charge in [-0.3, -0.25) is 0 Å². The van der Waals surface area contributed by atoms with Gasteiger partial charge in [0.25, 0.3) is 0 Å². The van der Waals surface area contributed by atoms with Crippen LogP contribution in [0.4, 0.5) is 0 Å². The first kappa shape index (κ1) is 13.2. The summed E-state index contributed by atoms with van der Waals surface area (Å²) in [5, 5.41) is 3.63. The molecular weight excluding hydrogens is 240 g/mol. The third kappa shape index (κ3) is 3.65. The fourth-order valence-corrected chi connectivity index (χ4v) is 2.72. The standard InChI is InChI=1S/C15H20N2S/c1-3-14(9-13-7-5-4-6-8-13)16-10-15-12(2)17-11-18-15/h4-8,11,14,16H,3,9-10H2,1-2H3. The van der Waals surface area contributed by atoms with Crippen LogP contribution in [0.15, 0.2) is 35.8 Å². The lowest BCUT2D eigenvalue weighted by Crippen LogP contribution is -2.29. The summed E-state index contributed by atoms with van der Waals surface area (Å²) in [5.74, 6) is 0. The van der Waals surface area contributed by atoms with Crippen molar-refractivity contribution in [1.82, 2.24) is 10.3 Å². The Kier molecular flexibility index (Phi) is 4.90. The second-order valence-corrected chi connectivity index (χ2v) is 5.48. The van der Waals surface area contributed by atoms with Crippen molar-refractivity contribution < 1.29 is 0 Å². The Bertz CT molecular complexity index is 464. The van der Waals surface area contributed by atoms with E-state index in [0.717, 1.165) is 25.1 Å². The van der Waals surface area contributed by atoms with E-state index in [0.29, 0.717) is 6.04 Å². The number of aromatic nitrogens is 1. The zero-order chi connectivity index (χ0) is 12.8. The molecule has 0 aliphatic rings. The fraction of sp³-hybridized carbons (Fsp3) is 0.400. The Hall–Kier alpha value is -1.19. The maximum atomic E-state index is 4.28. The van der Waals surface area contributed by atoms with Gasteiger partial charge in [-0.2, -0.15) is 0 Å². The van der Waals surface area contributed by atoms with Gasteiger partial charge in [-0.15, -0.1) is 11.3 Å². The van der Waals surface area contributed by atoms with Crippen LogP contribution in [0.5, 0.6) is 0 Å². The van der Waals surface area contributed by atoms with Gasteiger partial charge in [0.1, 0.15) is 0 Å². The third-order valence-electron chi connectivity index (χ3n) is 3.21. The van der Waals surface area contributed by atoms with Crippen LogP contribution in [0.1, 0.15) is 29.5 Å². The predicted octanol–water partition coefficient (Wildman–Crippen LogP) is 3.56. The number of rotatable bonds is 6. The van der Waals surface area contributed by atoms with E-state index < -0.39 is 0 Å². The van der Waals surface area contributed by atoms with Crippen molar-refractivity contribution >= 4 is 11.3 Å².